The summed E-state index contributed by atoms with van der Waals surface area (Å²) in [6, 6.07) is 7.38. The zero-order valence-electron chi connectivity index (χ0n) is 11.8. The number of rotatable bonds is 4. The molecule has 0 aliphatic carbocycles. The molecule has 2 aromatic rings. The van der Waals surface area contributed by atoms with Gasteiger partial charge >= 0.3 is 0 Å². The summed E-state index contributed by atoms with van der Waals surface area (Å²) >= 11 is 0. The summed E-state index contributed by atoms with van der Waals surface area (Å²) in [6.45, 7) is 5.75. The average molecular weight is 274 g/mol. The summed E-state index contributed by atoms with van der Waals surface area (Å²) < 4.78 is 10.6. The van der Waals surface area contributed by atoms with Gasteiger partial charge in [0.15, 0.2) is 12.2 Å². The fraction of sp³-hybridized carbons (Fsp3) is 0.333. The Morgan fingerprint density at radius 1 is 1.40 bits per heavy atom. The highest BCUT2D eigenvalue weighted by atomic mass is 16.5. The van der Waals surface area contributed by atoms with Crippen LogP contribution < -0.4 is 5.32 Å². The summed E-state index contributed by atoms with van der Waals surface area (Å²) in [7, 11) is 0. The van der Waals surface area contributed by atoms with E-state index in [-0.39, 0.29) is 18.1 Å². The number of ether oxygens (including phenoxy) is 1. The normalized spacial score (nSPS) is 11.3. The number of amides is 1. The molecule has 0 bridgehead atoms. The van der Waals surface area contributed by atoms with Crippen molar-refractivity contribution in [3.05, 3.63) is 36.9 Å². The van der Waals surface area contributed by atoms with E-state index in [4.69, 9.17) is 9.15 Å². The quantitative estimate of drug-likeness (QED) is 0.930. The number of carbonyl (C=O) groups excluding carboxylic acids is 1. The molecule has 5 heteroatoms. The number of oxazole rings is 1. The van der Waals surface area contributed by atoms with E-state index in [1.165, 1.54) is 6.39 Å². The summed E-state index contributed by atoms with van der Waals surface area (Å²) in [5.41, 5.74) is 1.22. The number of anilines is 1. The van der Waals surface area contributed by atoms with Crippen LogP contribution in [0.4, 0.5) is 5.69 Å². The van der Waals surface area contributed by atoms with Gasteiger partial charge in [-0.2, -0.15) is 0 Å². The van der Waals surface area contributed by atoms with Gasteiger partial charge in [0, 0.05) is 11.3 Å². The molecule has 1 N–H and O–H groups in total. The van der Waals surface area contributed by atoms with E-state index < -0.39 is 0 Å². The van der Waals surface area contributed by atoms with Crippen molar-refractivity contribution in [3.8, 4) is 11.3 Å². The molecule has 0 saturated carbocycles. The van der Waals surface area contributed by atoms with E-state index in [0.717, 1.165) is 5.56 Å². The van der Waals surface area contributed by atoms with Crippen molar-refractivity contribution in [2.45, 2.75) is 26.4 Å². The number of nitrogens with zero attached hydrogens (tertiary/aromatic N) is 1. The van der Waals surface area contributed by atoms with Crippen molar-refractivity contribution in [1.82, 2.24) is 4.98 Å². The molecular weight excluding hydrogens is 256 g/mol. The molecule has 0 unspecified atom stereocenters. The third-order valence-corrected chi connectivity index (χ3v) is 2.50. The van der Waals surface area contributed by atoms with Gasteiger partial charge in [-0.3, -0.25) is 4.79 Å². The summed E-state index contributed by atoms with van der Waals surface area (Å²) in [5.74, 6) is 0.474. The molecule has 0 fully saturated rings. The lowest BCUT2D eigenvalue weighted by molar-refractivity contribution is -0.125. The van der Waals surface area contributed by atoms with E-state index in [1.54, 1.807) is 6.20 Å². The molecule has 0 atom stereocenters. The first-order valence-electron chi connectivity index (χ1n) is 6.37. The molecule has 0 aliphatic rings. The van der Waals surface area contributed by atoms with Gasteiger partial charge in [-0.05, 0) is 32.9 Å². The monoisotopic (exact) mass is 274 g/mol. The van der Waals surface area contributed by atoms with E-state index in [0.29, 0.717) is 11.4 Å². The van der Waals surface area contributed by atoms with Gasteiger partial charge in [-0.15, -0.1) is 0 Å². The molecule has 20 heavy (non-hydrogen) atoms. The highest BCUT2D eigenvalue weighted by molar-refractivity contribution is 5.92. The number of carbonyl (C=O) groups is 1. The summed E-state index contributed by atoms with van der Waals surface area (Å²) in [5, 5.41) is 2.79. The molecule has 1 amide bonds. The Bertz CT molecular complexity index is 571. The minimum atomic E-state index is -0.334. The molecular formula is C15H18N2O3. The lowest BCUT2D eigenvalue weighted by Gasteiger charge is -2.19. The number of hydrogen-bond acceptors (Lipinski definition) is 4. The molecule has 1 aromatic heterocycles. The Hall–Kier alpha value is -2.14. The average Bonchev–Trinajstić information content (AvgIpc) is 2.90. The van der Waals surface area contributed by atoms with Crippen LogP contribution in [0.3, 0.4) is 0 Å². The third-order valence-electron chi connectivity index (χ3n) is 2.50. The zero-order valence-corrected chi connectivity index (χ0v) is 11.8. The fourth-order valence-corrected chi connectivity index (χ4v) is 1.59. The molecule has 1 aromatic carbocycles. The van der Waals surface area contributed by atoms with Crippen molar-refractivity contribution in [2.75, 3.05) is 11.9 Å². The standard InChI is InChI=1S/C15H18N2O3/c1-15(2,3)20-9-14(18)17-12-6-4-5-11(7-12)13-8-16-10-19-13/h4-8,10H,9H2,1-3H3,(H,17,18). The Balaban J connectivity index is 2.00. The Kier molecular flexibility index (Phi) is 4.20. The SMILES string of the molecule is CC(C)(C)OCC(=O)Nc1cccc(-c2cnco2)c1. The van der Waals surface area contributed by atoms with Crippen molar-refractivity contribution >= 4 is 11.6 Å². The number of benzene rings is 1. The van der Waals surface area contributed by atoms with Gasteiger partial charge in [-0.25, -0.2) is 4.98 Å². The lowest BCUT2D eigenvalue weighted by atomic mass is 10.1. The fourth-order valence-electron chi connectivity index (χ4n) is 1.59. The molecule has 5 nitrogen and oxygen atoms in total. The van der Waals surface area contributed by atoms with Gasteiger partial charge < -0.3 is 14.5 Å². The van der Waals surface area contributed by atoms with Crippen LogP contribution in [0.5, 0.6) is 0 Å². The largest absolute Gasteiger partial charge is 0.444 e. The van der Waals surface area contributed by atoms with Gasteiger partial charge in [0.25, 0.3) is 0 Å². The van der Waals surface area contributed by atoms with Crippen LogP contribution in [-0.4, -0.2) is 23.1 Å². The van der Waals surface area contributed by atoms with E-state index >= 15 is 0 Å². The van der Waals surface area contributed by atoms with Gasteiger partial charge in [0.2, 0.25) is 5.91 Å². The summed E-state index contributed by atoms with van der Waals surface area (Å²) in [6.07, 6.45) is 3.00. The van der Waals surface area contributed by atoms with Crippen molar-refractivity contribution in [2.24, 2.45) is 0 Å². The third kappa shape index (κ3) is 4.20. The molecule has 0 aliphatic heterocycles. The van der Waals surface area contributed by atoms with E-state index in [2.05, 4.69) is 10.3 Å². The van der Waals surface area contributed by atoms with Crippen LogP contribution in [0.1, 0.15) is 20.8 Å². The minimum Gasteiger partial charge on any atom is -0.444 e. The first-order chi connectivity index (χ1) is 9.44. The second-order valence-electron chi connectivity index (χ2n) is 5.40. The van der Waals surface area contributed by atoms with Gasteiger partial charge in [-0.1, -0.05) is 12.1 Å². The first-order valence-corrected chi connectivity index (χ1v) is 6.37. The van der Waals surface area contributed by atoms with Crippen LogP contribution in [0, 0.1) is 0 Å². The van der Waals surface area contributed by atoms with Crippen LogP contribution in [-0.2, 0) is 9.53 Å². The Labute approximate surface area is 118 Å². The lowest BCUT2D eigenvalue weighted by Crippen LogP contribution is -2.27. The van der Waals surface area contributed by atoms with E-state index in [1.807, 2.05) is 45.0 Å². The molecule has 1 heterocycles. The smallest absolute Gasteiger partial charge is 0.250 e. The van der Waals surface area contributed by atoms with Gasteiger partial charge in [0.05, 0.1) is 11.8 Å². The molecule has 0 radical (unpaired) electrons. The first kappa shape index (κ1) is 14.3. The van der Waals surface area contributed by atoms with E-state index in [9.17, 15) is 4.79 Å². The summed E-state index contributed by atoms with van der Waals surface area (Å²) in [4.78, 5) is 15.7. The molecule has 106 valence electrons. The van der Waals surface area contributed by atoms with Crippen LogP contribution in [0.2, 0.25) is 0 Å². The number of nitrogens with one attached hydrogen (secondary N) is 1. The molecule has 0 saturated heterocycles. The maximum atomic E-state index is 11.8. The predicted molar refractivity (Wildman–Crippen MR) is 76.3 cm³/mol. The Morgan fingerprint density at radius 2 is 2.20 bits per heavy atom. The maximum Gasteiger partial charge on any atom is 0.250 e. The minimum absolute atomic E-state index is 0.0238. The predicted octanol–water partition coefficient (Wildman–Crippen LogP) is 3.10. The molecule has 0 spiro atoms. The highest BCUT2D eigenvalue weighted by Gasteiger charge is 2.13. The van der Waals surface area contributed by atoms with Crippen LogP contribution >= 0.6 is 0 Å². The second kappa shape index (κ2) is 5.88. The number of hydrogen-bond donors (Lipinski definition) is 1. The van der Waals surface area contributed by atoms with Gasteiger partial charge in [0.1, 0.15) is 6.61 Å². The second-order valence-corrected chi connectivity index (χ2v) is 5.40. The topological polar surface area (TPSA) is 64.4 Å². The highest BCUT2D eigenvalue weighted by Crippen LogP contribution is 2.22. The van der Waals surface area contributed by atoms with Crippen molar-refractivity contribution in [3.63, 3.8) is 0 Å². The zero-order chi connectivity index (χ0) is 14.6. The molecule has 2 rings (SSSR count). The van der Waals surface area contributed by atoms with Crippen molar-refractivity contribution in [1.29, 1.82) is 0 Å². The van der Waals surface area contributed by atoms with Crippen molar-refractivity contribution < 1.29 is 13.9 Å². The maximum absolute atomic E-state index is 11.8. The number of aromatic nitrogens is 1. The van der Waals surface area contributed by atoms with Crippen LogP contribution in [0.25, 0.3) is 11.3 Å². The van der Waals surface area contributed by atoms with Crippen LogP contribution in [0.15, 0.2) is 41.3 Å². The Morgan fingerprint density at radius 3 is 2.85 bits per heavy atom.